The first kappa shape index (κ1) is 24.2. The summed E-state index contributed by atoms with van der Waals surface area (Å²) in [4.78, 5) is 12.2. The topological polar surface area (TPSA) is 26.3 Å². The molecule has 0 N–H and O–H groups in total. The van der Waals surface area contributed by atoms with Crippen molar-refractivity contribution in [1.29, 1.82) is 0 Å². The van der Waals surface area contributed by atoms with Gasteiger partial charge in [0.2, 0.25) is 0 Å². The lowest BCUT2D eigenvalue weighted by Crippen LogP contribution is -2.33. The Balaban J connectivity index is 2.74. The minimum Gasteiger partial charge on any atom is -0.456 e. The summed E-state index contributed by atoms with van der Waals surface area (Å²) in [5.41, 5.74) is 0.840. The summed E-state index contributed by atoms with van der Waals surface area (Å²) >= 11 is 0. The van der Waals surface area contributed by atoms with Gasteiger partial charge >= 0.3 is 5.97 Å². The fourth-order valence-corrected chi connectivity index (χ4v) is 4.90. The molecular formula is C25H46O2. The van der Waals surface area contributed by atoms with Crippen LogP contribution in [-0.2, 0) is 9.53 Å². The van der Waals surface area contributed by atoms with Gasteiger partial charge in [0, 0.05) is 5.57 Å². The number of esters is 1. The normalized spacial score (nSPS) is 16.4. The highest BCUT2D eigenvalue weighted by molar-refractivity contribution is 5.87. The second kappa shape index (κ2) is 12.6. The number of carbonyl (C=O) groups excluding carboxylic acids is 1. The van der Waals surface area contributed by atoms with E-state index in [1.807, 2.05) is 0 Å². The Bertz CT molecular complexity index is 410. The van der Waals surface area contributed by atoms with E-state index < -0.39 is 0 Å². The van der Waals surface area contributed by atoms with E-state index in [2.05, 4.69) is 27.4 Å². The fourth-order valence-electron chi connectivity index (χ4n) is 4.90. The van der Waals surface area contributed by atoms with Crippen molar-refractivity contribution in [2.75, 3.05) is 0 Å². The van der Waals surface area contributed by atoms with Crippen LogP contribution in [0.2, 0.25) is 0 Å². The van der Waals surface area contributed by atoms with Gasteiger partial charge in [-0.25, -0.2) is 4.79 Å². The molecule has 0 aromatic carbocycles. The third-order valence-electron chi connectivity index (χ3n) is 6.69. The summed E-state index contributed by atoms with van der Waals surface area (Å²) in [5.74, 6) is -0.189. The van der Waals surface area contributed by atoms with E-state index in [0.29, 0.717) is 11.0 Å². The van der Waals surface area contributed by atoms with E-state index >= 15 is 0 Å². The van der Waals surface area contributed by atoms with E-state index in [0.717, 1.165) is 19.3 Å². The van der Waals surface area contributed by atoms with Crippen molar-refractivity contribution < 1.29 is 9.53 Å². The van der Waals surface area contributed by atoms with Crippen LogP contribution in [0.5, 0.6) is 0 Å². The van der Waals surface area contributed by atoms with Gasteiger partial charge in [0.05, 0.1) is 0 Å². The Morgan fingerprint density at radius 1 is 0.889 bits per heavy atom. The van der Waals surface area contributed by atoms with Crippen molar-refractivity contribution >= 4 is 5.97 Å². The van der Waals surface area contributed by atoms with Crippen molar-refractivity contribution in [3.05, 3.63) is 12.2 Å². The van der Waals surface area contributed by atoms with Crippen LogP contribution in [0.3, 0.4) is 0 Å². The molecule has 0 spiro atoms. The minimum atomic E-state index is -0.206. The van der Waals surface area contributed by atoms with Crippen molar-refractivity contribution in [1.82, 2.24) is 0 Å². The number of rotatable bonds is 15. The van der Waals surface area contributed by atoms with Crippen LogP contribution in [0, 0.1) is 5.41 Å². The minimum absolute atomic E-state index is 0.189. The number of ether oxygens (including phenoxy) is 1. The maximum absolute atomic E-state index is 12.2. The zero-order valence-electron chi connectivity index (χ0n) is 18.8. The zero-order valence-corrected chi connectivity index (χ0v) is 18.8. The van der Waals surface area contributed by atoms with Crippen LogP contribution in [0.1, 0.15) is 130 Å². The molecule has 0 saturated heterocycles. The molecular weight excluding hydrogens is 332 g/mol. The molecule has 0 amide bonds. The van der Waals surface area contributed by atoms with Crippen LogP contribution in [0.25, 0.3) is 0 Å². The Labute approximate surface area is 169 Å². The standard InChI is InChI=1S/C25H46O2/c1-6-9-15-24(16-10-7-2,17-11-8-3)18-14-21-25(19-12-13-20-25)27-23(26)22(4)5/h4,6-21H2,1-3,5H3. The van der Waals surface area contributed by atoms with Crippen LogP contribution >= 0.6 is 0 Å². The number of unbranched alkanes of at least 4 members (excludes halogenated alkanes) is 3. The number of hydrogen-bond donors (Lipinski definition) is 0. The van der Waals surface area contributed by atoms with Crippen molar-refractivity contribution in [3.8, 4) is 0 Å². The summed E-state index contributed by atoms with van der Waals surface area (Å²) in [6.07, 6.45) is 20.1. The average Bonchev–Trinajstić information content (AvgIpc) is 3.10. The van der Waals surface area contributed by atoms with Crippen LogP contribution in [0.15, 0.2) is 12.2 Å². The smallest absolute Gasteiger partial charge is 0.333 e. The van der Waals surface area contributed by atoms with Crippen LogP contribution in [-0.4, -0.2) is 11.6 Å². The molecule has 1 saturated carbocycles. The van der Waals surface area contributed by atoms with Crippen molar-refractivity contribution in [2.24, 2.45) is 5.41 Å². The molecule has 0 aromatic rings. The molecule has 0 heterocycles. The van der Waals surface area contributed by atoms with E-state index in [4.69, 9.17) is 4.74 Å². The van der Waals surface area contributed by atoms with Gasteiger partial charge in [-0.15, -0.1) is 0 Å². The van der Waals surface area contributed by atoms with Gasteiger partial charge in [0.25, 0.3) is 0 Å². The molecule has 0 aromatic heterocycles. The average molecular weight is 379 g/mol. The molecule has 1 fully saturated rings. The van der Waals surface area contributed by atoms with E-state index in [-0.39, 0.29) is 11.6 Å². The highest BCUT2D eigenvalue weighted by Gasteiger charge is 2.38. The Hall–Kier alpha value is -0.790. The maximum Gasteiger partial charge on any atom is 0.333 e. The maximum atomic E-state index is 12.2. The quantitative estimate of drug-likeness (QED) is 0.212. The molecule has 0 aliphatic heterocycles. The van der Waals surface area contributed by atoms with Gasteiger partial charge in [-0.05, 0) is 76.5 Å². The summed E-state index contributed by atoms with van der Waals surface area (Å²) in [6, 6.07) is 0. The van der Waals surface area contributed by atoms with Crippen molar-refractivity contribution in [3.63, 3.8) is 0 Å². The number of hydrogen-bond acceptors (Lipinski definition) is 2. The Kier molecular flexibility index (Phi) is 11.3. The van der Waals surface area contributed by atoms with E-state index in [9.17, 15) is 4.79 Å². The lowest BCUT2D eigenvalue weighted by atomic mass is 9.70. The first-order valence-electron chi connectivity index (χ1n) is 11.8. The van der Waals surface area contributed by atoms with Crippen LogP contribution in [0.4, 0.5) is 0 Å². The molecule has 1 aliphatic rings. The highest BCUT2D eigenvalue weighted by Crippen LogP contribution is 2.44. The van der Waals surface area contributed by atoms with Gasteiger partial charge in [-0.3, -0.25) is 0 Å². The van der Waals surface area contributed by atoms with Crippen molar-refractivity contribution in [2.45, 2.75) is 136 Å². The lowest BCUT2D eigenvalue weighted by molar-refractivity contribution is -0.155. The van der Waals surface area contributed by atoms with Gasteiger partial charge in [0.15, 0.2) is 0 Å². The number of carbonyl (C=O) groups is 1. The second-order valence-corrected chi connectivity index (χ2v) is 9.22. The van der Waals surface area contributed by atoms with E-state index in [1.54, 1.807) is 6.92 Å². The summed E-state index contributed by atoms with van der Waals surface area (Å²) in [5, 5.41) is 0. The molecule has 0 unspecified atom stereocenters. The molecule has 2 heteroatoms. The molecule has 0 bridgehead atoms. The predicted octanol–water partition coefficient (Wildman–Crippen LogP) is 8.15. The van der Waals surface area contributed by atoms with E-state index in [1.165, 1.54) is 83.5 Å². The summed E-state index contributed by atoms with van der Waals surface area (Å²) in [6.45, 7) is 12.5. The molecule has 0 radical (unpaired) electrons. The molecule has 1 rings (SSSR count). The Morgan fingerprint density at radius 3 is 1.74 bits per heavy atom. The van der Waals surface area contributed by atoms with Gasteiger partial charge in [0.1, 0.15) is 5.60 Å². The largest absolute Gasteiger partial charge is 0.456 e. The highest BCUT2D eigenvalue weighted by atomic mass is 16.6. The Morgan fingerprint density at radius 2 is 1.33 bits per heavy atom. The lowest BCUT2D eigenvalue weighted by Gasteiger charge is -2.36. The monoisotopic (exact) mass is 378 g/mol. The summed E-state index contributed by atoms with van der Waals surface area (Å²) in [7, 11) is 0. The third kappa shape index (κ3) is 8.40. The molecule has 27 heavy (non-hydrogen) atoms. The predicted molar refractivity (Wildman–Crippen MR) is 117 cm³/mol. The molecule has 158 valence electrons. The summed E-state index contributed by atoms with van der Waals surface area (Å²) < 4.78 is 5.98. The van der Waals surface area contributed by atoms with Gasteiger partial charge in [-0.2, -0.15) is 0 Å². The fraction of sp³-hybridized carbons (Fsp3) is 0.880. The zero-order chi connectivity index (χ0) is 20.2. The van der Waals surface area contributed by atoms with Crippen LogP contribution < -0.4 is 0 Å². The SMILES string of the molecule is C=C(C)C(=O)OC1(CCCC(CCCC)(CCCC)CCCC)CCCC1. The van der Waals surface area contributed by atoms with Gasteiger partial charge < -0.3 is 4.74 Å². The van der Waals surface area contributed by atoms with Gasteiger partial charge in [-0.1, -0.05) is 65.9 Å². The molecule has 2 nitrogen and oxygen atoms in total. The first-order chi connectivity index (χ1) is 12.9. The first-order valence-corrected chi connectivity index (χ1v) is 11.8. The molecule has 1 aliphatic carbocycles. The third-order valence-corrected chi connectivity index (χ3v) is 6.69. The molecule has 0 atom stereocenters. The second-order valence-electron chi connectivity index (χ2n) is 9.22.